The molecule has 0 saturated carbocycles. The van der Waals surface area contributed by atoms with Gasteiger partial charge in [0.15, 0.2) is 6.61 Å². The first kappa shape index (κ1) is 19.3. The fraction of sp³-hybridized carbons (Fsp3) is 0.300. The molecule has 2 aromatic carbocycles. The SMILES string of the molecule is CCN(CCC(=O)O)C(=O)COc1ccc(OCc2ccccc2)cc1. The van der Waals surface area contributed by atoms with Crippen molar-refractivity contribution >= 4 is 11.9 Å². The number of nitrogens with zero attached hydrogens (tertiary/aromatic N) is 1. The van der Waals surface area contributed by atoms with E-state index < -0.39 is 5.97 Å². The second-order valence-electron chi connectivity index (χ2n) is 5.65. The average molecular weight is 357 g/mol. The number of likely N-dealkylation sites (N-methyl/N-ethyl adjacent to an activating group) is 1. The molecule has 0 heterocycles. The van der Waals surface area contributed by atoms with Crippen LogP contribution in [0.2, 0.25) is 0 Å². The fourth-order valence-electron chi connectivity index (χ4n) is 2.30. The van der Waals surface area contributed by atoms with E-state index in [1.165, 1.54) is 4.90 Å². The van der Waals surface area contributed by atoms with Gasteiger partial charge in [0, 0.05) is 13.1 Å². The van der Waals surface area contributed by atoms with Gasteiger partial charge in [0.05, 0.1) is 6.42 Å². The van der Waals surface area contributed by atoms with Gasteiger partial charge in [0.25, 0.3) is 5.91 Å². The van der Waals surface area contributed by atoms with E-state index in [4.69, 9.17) is 14.6 Å². The van der Waals surface area contributed by atoms with Gasteiger partial charge >= 0.3 is 5.97 Å². The lowest BCUT2D eigenvalue weighted by atomic mass is 10.2. The number of hydrogen-bond donors (Lipinski definition) is 1. The third kappa shape index (κ3) is 6.47. The summed E-state index contributed by atoms with van der Waals surface area (Å²) in [5.41, 5.74) is 1.08. The molecule has 0 bridgehead atoms. The van der Waals surface area contributed by atoms with Crippen molar-refractivity contribution in [1.29, 1.82) is 0 Å². The number of carboxylic acid groups (broad SMARTS) is 1. The van der Waals surface area contributed by atoms with E-state index in [9.17, 15) is 9.59 Å². The summed E-state index contributed by atoms with van der Waals surface area (Å²) in [5, 5.41) is 8.71. The monoisotopic (exact) mass is 357 g/mol. The van der Waals surface area contributed by atoms with Crippen LogP contribution in [0.1, 0.15) is 18.9 Å². The minimum Gasteiger partial charge on any atom is -0.489 e. The van der Waals surface area contributed by atoms with Crippen LogP contribution >= 0.6 is 0 Å². The zero-order valence-electron chi connectivity index (χ0n) is 14.8. The lowest BCUT2D eigenvalue weighted by Gasteiger charge is -2.20. The molecule has 1 N–H and O–H groups in total. The van der Waals surface area contributed by atoms with Crippen molar-refractivity contribution in [3.05, 3.63) is 60.2 Å². The molecule has 0 spiro atoms. The zero-order valence-corrected chi connectivity index (χ0v) is 14.8. The summed E-state index contributed by atoms with van der Waals surface area (Å²) in [5.74, 6) is 0.102. The first-order valence-electron chi connectivity index (χ1n) is 8.47. The molecular formula is C20H23NO5. The highest BCUT2D eigenvalue weighted by molar-refractivity contribution is 5.78. The lowest BCUT2D eigenvalue weighted by Crippen LogP contribution is -2.36. The lowest BCUT2D eigenvalue weighted by molar-refractivity contribution is -0.139. The van der Waals surface area contributed by atoms with E-state index in [0.29, 0.717) is 24.7 Å². The summed E-state index contributed by atoms with van der Waals surface area (Å²) < 4.78 is 11.2. The Bertz CT molecular complexity index is 700. The molecule has 0 unspecified atom stereocenters. The van der Waals surface area contributed by atoms with E-state index in [-0.39, 0.29) is 25.5 Å². The average Bonchev–Trinajstić information content (AvgIpc) is 2.66. The van der Waals surface area contributed by atoms with E-state index in [2.05, 4.69) is 0 Å². The molecule has 2 rings (SSSR count). The Morgan fingerprint density at radius 2 is 1.58 bits per heavy atom. The van der Waals surface area contributed by atoms with E-state index in [1.807, 2.05) is 30.3 Å². The van der Waals surface area contributed by atoms with Crippen LogP contribution in [-0.2, 0) is 16.2 Å². The van der Waals surface area contributed by atoms with Crippen molar-refractivity contribution < 1.29 is 24.2 Å². The second-order valence-corrected chi connectivity index (χ2v) is 5.65. The number of aliphatic carboxylic acids is 1. The van der Waals surface area contributed by atoms with Crippen molar-refractivity contribution in [1.82, 2.24) is 4.90 Å². The maximum Gasteiger partial charge on any atom is 0.305 e. The van der Waals surface area contributed by atoms with Crippen LogP contribution in [0.3, 0.4) is 0 Å². The molecule has 0 aromatic heterocycles. The number of benzene rings is 2. The van der Waals surface area contributed by atoms with Crippen LogP contribution in [0.4, 0.5) is 0 Å². The number of rotatable bonds is 10. The molecule has 0 aliphatic carbocycles. The fourth-order valence-corrected chi connectivity index (χ4v) is 2.30. The minimum absolute atomic E-state index is 0.0764. The van der Waals surface area contributed by atoms with Crippen LogP contribution in [0.15, 0.2) is 54.6 Å². The molecule has 26 heavy (non-hydrogen) atoms. The van der Waals surface area contributed by atoms with Gasteiger partial charge in [-0.1, -0.05) is 30.3 Å². The summed E-state index contributed by atoms with van der Waals surface area (Å²) >= 11 is 0. The molecule has 0 aliphatic rings. The molecule has 6 heteroatoms. The number of ether oxygens (including phenoxy) is 2. The van der Waals surface area contributed by atoms with E-state index in [0.717, 1.165) is 5.56 Å². The Labute approximate surface area is 153 Å². The molecule has 0 aliphatic heterocycles. The van der Waals surface area contributed by atoms with Gasteiger partial charge in [-0.2, -0.15) is 0 Å². The van der Waals surface area contributed by atoms with Crippen LogP contribution in [-0.4, -0.2) is 41.6 Å². The molecule has 1 amide bonds. The normalized spacial score (nSPS) is 10.2. The number of hydrogen-bond acceptors (Lipinski definition) is 4. The Kier molecular flexibility index (Phi) is 7.49. The maximum atomic E-state index is 12.1. The van der Waals surface area contributed by atoms with Crippen LogP contribution in [0, 0.1) is 0 Å². The van der Waals surface area contributed by atoms with Gasteiger partial charge in [0.1, 0.15) is 18.1 Å². The smallest absolute Gasteiger partial charge is 0.305 e. The molecule has 0 fully saturated rings. The molecule has 6 nitrogen and oxygen atoms in total. The summed E-state index contributed by atoms with van der Waals surface area (Å²) in [6.45, 7) is 2.78. The van der Waals surface area contributed by atoms with Crippen LogP contribution in [0.5, 0.6) is 11.5 Å². The first-order valence-corrected chi connectivity index (χ1v) is 8.47. The first-order chi connectivity index (χ1) is 12.6. The molecule has 0 saturated heterocycles. The standard InChI is InChI=1S/C20H23NO5/c1-2-21(13-12-20(23)24)19(22)15-26-18-10-8-17(9-11-18)25-14-16-6-4-3-5-7-16/h3-11H,2,12-15H2,1H3,(H,23,24). The van der Waals surface area contributed by atoms with Crippen molar-refractivity contribution in [2.24, 2.45) is 0 Å². The highest BCUT2D eigenvalue weighted by Crippen LogP contribution is 2.18. The Morgan fingerprint density at radius 1 is 0.962 bits per heavy atom. The Hall–Kier alpha value is -3.02. The van der Waals surface area contributed by atoms with Crippen molar-refractivity contribution in [2.45, 2.75) is 20.0 Å². The molecule has 0 radical (unpaired) electrons. The van der Waals surface area contributed by atoms with Gasteiger partial charge in [-0.15, -0.1) is 0 Å². The number of carbonyl (C=O) groups excluding carboxylic acids is 1. The summed E-state index contributed by atoms with van der Waals surface area (Å²) in [6.07, 6.45) is -0.0764. The topological polar surface area (TPSA) is 76.1 Å². The number of amides is 1. The van der Waals surface area contributed by atoms with Gasteiger partial charge in [-0.05, 0) is 36.8 Å². The molecule has 2 aromatic rings. The van der Waals surface area contributed by atoms with Gasteiger partial charge in [-0.25, -0.2) is 0 Å². The van der Waals surface area contributed by atoms with Crippen molar-refractivity contribution in [2.75, 3.05) is 19.7 Å². The summed E-state index contributed by atoms with van der Waals surface area (Å²) in [4.78, 5) is 24.1. The quantitative estimate of drug-likeness (QED) is 0.707. The highest BCUT2D eigenvalue weighted by Gasteiger charge is 2.13. The zero-order chi connectivity index (χ0) is 18.8. The van der Waals surface area contributed by atoms with Gasteiger partial charge < -0.3 is 19.5 Å². The van der Waals surface area contributed by atoms with Gasteiger partial charge in [0.2, 0.25) is 0 Å². The third-order valence-electron chi connectivity index (χ3n) is 3.76. The summed E-state index contributed by atoms with van der Waals surface area (Å²) in [6, 6.07) is 16.9. The van der Waals surface area contributed by atoms with E-state index in [1.54, 1.807) is 31.2 Å². The van der Waals surface area contributed by atoms with Crippen molar-refractivity contribution in [3.8, 4) is 11.5 Å². The Morgan fingerprint density at radius 3 is 2.15 bits per heavy atom. The molecule has 138 valence electrons. The van der Waals surface area contributed by atoms with Crippen LogP contribution in [0.25, 0.3) is 0 Å². The predicted molar refractivity (Wildman–Crippen MR) is 97.2 cm³/mol. The largest absolute Gasteiger partial charge is 0.489 e. The van der Waals surface area contributed by atoms with Crippen LogP contribution < -0.4 is 9.47 Å². The number of carbonyl (C=O) groups is 2. The third-order valence-corrected chi connectivity index (χ3v) is 3.76. The second kappa shape index (κ2) is 10.1. The summed E-state index contributed by atoms with van der Waals surface area (Å²) in [7, 11) is 0. The minimum atomic E-state index is -0.928. The maximum absolute atomic E-state index is 12.1. The van der Waals surface area contributed by atoms with Crippen molar-refractivity contribution in [3.63, 3.8) is 0 Å². The Balaban J connectivity index is 1.79. The number of carboxylic acids is 1. The van der Waals surface area contributed by atoms with E-state index >= 15 is 0 Å². The molecular weight excluding hydrogens is 334 g/mol. The predicted octanol–water partition coefficient (Wildman–Crippen LogP) is 2.97. The molecule has 0 atom stereocenters. The highest BCUT2D eigenvalue weighted by atomic mass is 16.5. The van der Waals surface area contributed by atoms with Gasteiger partial charge in [-0.3, -0.25) is 9.59 Å².